The van der Waals surface area contributed by atoms with Crippen LogP contribution in [0.25, 0.3) is 0 Å². The maximum absolute atomic E-state index is 10.8. The van der Waals surface area contributed by atoms with E-state index in [9.17, 15) is 5.11 Å². The van der Waals surface area contributed by atoms with Crippen molar-refractivity contribution in [2.45, 2.75) is 102 Å². The summed E-state index contributed by atoms with van der Waals surface area (Å²) in [6.45, 7) is 28.6. The molecular formula is C34H53IOV2W36-4. The minimum Gasteiger partial charge on any atom is -0.358 e. The van der Waals surface area contributed by atoms with Gasteiger partial charge in [0, 0.05) is 711 Å². The van der Waals surface area contributed by atoms with Crippen molar-refractivity contribution in [3.8, 4) is 0 Å². The second kappa shape index (κ2) is 112. The Morgan fingerprint density at radius 1 is 0.473 bits per heavy atom. The van der Waals surface area contributed by atoms with Gasteiger partial charge < -0.3 is 30.0 Å². The molecule has 0 aliphatic heterocycles. The predicted molar refractivity (Wildman–Crippen MR) is 171 cm³/mol. The number of halogens is 1. The molecule has 0 amide bonds. The zero-order valence-electron chi connectivity index (χ0n) is 41.1. The van der Waals surface area contributed by atoms with Crippen LogP contribution in [0.3, 0.4) is 0 Å². The number of hydrogen-bond acceptors (Lipinski definition) is 1. The Balaban J connectivity index is -0.00000000896. The third kappa shape index (κ3) is 67.2. The third-order valence-corrected chi connectivity index (χ3v) is 22.6. The summed E-state index contributed by atoms with van der Waals surface area (Å²) in [7, 11) is 0. The largest absolute Gasteiger partial charge is 0.358 e. The van der Waals surface area contributed by atoms with Crippen LogP contribution in [0.15, 0.2) is 11.6 Å². The van der Waals surface area contributed by atoms with Gasteiger partial charge in [-0.15, -0.1) is 0 Å². The molecule has 0 aromatic rings. The van der Waals surface area contributed by atoms with Crippen LogP contribution >= 0.6 is 22.6 Å². The first kappa shape index (κ1) is 225. The molecule has 1 N–H and O–H groups in total. The van der Waals surface area contributed by atoms with Crippen LogP contribution in [0.4, 0.5) is 0 Å². The van der Waals surface area contributed by atoms with E-state index < -0.39 is 0 Å². The summed E-state index contributed by atoms with van der Waals surface area (Å²) in [6, 6.07) is 0. The molecule has 4 aliphatic carbocycles. The molecule has 4 aliphatic rings. The molecule has 40 heteroatoms. The SMILES string of the molecule is C[C-]1[C](=[W])[C](=[W])C2C(=CCC(C)(C)C2C)C1(C)C.C[C-]1[C](=[W])[C](=[W])C2C(C)C(C)(C)C[C@@H](O)C2C1(C)C.[CH2-]I.[CH3-].[V].[V].[W].[W].[W].[W].[W].[W].[W].[W].[W].[W].[W].[W].[W].[W].[W].[W].[W].[W].[W].[W].[W].[W].[W].[W].[W].[W].[W].[W].[W].[W].[W].[W]. The van der Waals surface area contributed by atoms with Gasteiger partial charge in [-0.25, -0.2) is 0 Å². The standard InChI is InChI=1S/C16H25O.C16H23.CH2I.CH3.2V.36W/c1-10-7-8-12-11(2)15(3,4)9-13(17)14(12)16(10,5)6;1-11-7-8-13-12(2)15(3,4)10-9-14(13)16(11,5)6;1-2;;;;;;;;;;;;;;;;;;;;;;;;;;;;;;;;;;;;;;;/h11-14,17H,9H2,1-6H3;9,12-13H,10H2,1-6H3;1H2;1H3;;;;;;;;;;;;;;;;;;;;;;;;;;;;;;;;;;;;;;/q4*-1;;;;;;;;;;;;;;;;;;;;;;;;;;;;;;;;;;;;;;/t11?,12?,13-,14?;;;;;;;;;;;;;;;;;;;;;;;;;;;;;;;;;;;;;;;;;/m1........................................./s1. The molecule has 74 heavy (non-hydrogen) atoms. The number of hydrogen-bond donors (Lipinski definition) is 1. The fourth-order valence-corrected chi connectivity index (χ4v) is 13.7. The average molecular weight is 7320 g/mol. The van der Waals surface area contributed by atoms with E-state index in [1.165, 1.54) is 12.3 Å². The smallest absolute Gasteiger partial charge is 0 e. The molecular weight excluding hydrogens is 7270 g/mol. The molecule has 3 fully saturated rings. The summed E-state index contributed by atoms with van der Waals surface area (Å²) in [5.74, 6) is 6.29. The van der Waals surface area contributed by atoms with Crippen LogP contribution in [-0.4, -0.2) is 26.8 Å². The van der Waals surface area contributed by atoms with Gasteiger partial charge in [0.2, 0.25) is 0 Å². The van der Waals surface area contributed by atoms with E-state index >= 15 is 0 Å². The first-order valence-corrected chi connectivity index (χ1v) is 21.5. The molecule has 3 saturated carbocycles. The van der Waals surface area contributed by atoms with Gasteiger partial charge in [-0.2, -0.15) is 0 Å². The van der Waals surface area contributed by atoms with Gasteiger partial charge in [-0.05, 0) is 0 Å². The molecule has 5 unspecified atom stereocenters. The molecule has 0 saturated heterocycles. The Hall–Kier alpha value is 25.9. The van der Waals surface area contributed by atoms with Gasteiger partial charge in [0.05, 0.1) is 0 Å². The zero-order valence-corrected chi connectivity index (χ0v) is 152. The van der Waals surface area contributed by atoms with Gasteiger partial charge in [0.1, 0.15) is 0 Å². The number of rotatable bonds is 0. The van der Waals surface area contributed by atoms with E-state index in [1.807, 2.05) is 22.6 Å². The molecule has 0 bridgehead atoms. The summed E-state index contributed by atoms with van der Waals surface area (Å²) >= 11 is 8.47. The third-order valence-electron chi connectivity index (χ3n) is 11.4. The van der Waals surface area contributed by atoms with Crippen molar-refractivity contribution in [1.29, 1.82) is 0 Å². The van der Waals surface area contributed by atoms with Crippen LogP contribution in [0.2, 0.25) is 0 Å². The Labute approximate surface area is 994 Å². The Bertz CT molecular complexity index is 1100. The van der Waals surface area contributed by atoms with Gasteiger partial charge in [0.25, 0.3) is 0 Å². The van der Waals surface area contributed by atoms with Gasteiger partial charge in [-0.3, -0.25) is 4.93 Å². The molecule has 2 radical (unpaired) electrons. The number of fused-ring (bicyclic) bond motifs is 2. The van der Waals surface area contributed by atoms with Crippen molar-refractivity contribution in [3.63, 3.8) is 0 Å². The van der Waals surface area contributed by atoms with Gasteiger partial charge in [0.15, 0.2) is 0 Å². The topological polar surface area (TPSA) is 20.2 Å². The Kier molecular flexibility index (Phi) is 341. The van der Waals surface area contributed by atoms with E-state index in [4.69, 9.17) is 0 Å². The van der Waals surface area contributed by atoms with E-state index in [0.717, 1.165) is 18.3 Å². The van der Waals surface area contributed by atoms with E-state index in [0.29, 0.717) is 23.2 Å². The second-order valence-electron chi connectivity index (χ2n) is 14.7. The van der Waals surface area contributed by atoms with Crippen molar-refractivity contribution in [2.75, 3.05) is 0 Å². The van der Waals surface area contributed by atoms with Crippen molar-refractivity contribution in [2.24, 2.45) is 51.2 Å². The molecule has 0 heterocycles. The normalized spacial score (nSPS) is 19.4. The van der Waals surface area contributed by atoms with Crippen molar-refractivity contribution in [3.05, 3.63) is 35.8 Å². The predicted octanol–water partition coefficient (Wildman–Crippen LogP) is 7.96. The summed E-state index contributed by atoms with van der Waals surface area (Å²) in [4.78, 5) is 3.22. The van der Waals surface area contributed by atoms with Crippen LogP contribution in [0, 0.1) is 75.4 Å². The Morgan fingerprint density at radius 3 is 1.00 bits per heavy atom. The van der Waals surface area contributed by atoms with Crippen LogP contribution in [-0.2, 0) is 789 Å². The number of allylic oxidation sites excluding steroid dienone is 2. The fourth-order valence-electron chi connectivity index (χ4n) is 7.33. The quantitative estimate of drug-likeness (QED) is 0.149. The van der Waals surface area contributed by atoms with E-state index in [-0.39, 0.29) is 741 Å². The van der Waals surface area contributed by atoms with Gasteiger partial charge >= 0.3 is 275 Å². The maximum Gasteiger partial charge on any atom is 0 e. The van der Waals surface area contributed by atoms with Gasteiger partial charge in [-0.1, -0.05) is 0 Å². The molecule has 1 nitrogen and oxygen atoms in total. The maximum atomic E-state index is 10.8. The first-order chi connectivity index (χ1) is 17.6. The number of aliphatic hydroxyl groups is 1. The Morgan fingerprint density at radius 2 is 0.730 bits per heavy atom. The van der Waals surface area contributed by atoms with E-state index in [2.05, 4.69) is 94.1 Å². The summed E-state index contributed by atoms with van der Waals surface area (Å²) < 4.78 is 6.63. The van der Waals surface area contributed by atoms with Crippen molar-refractivity contribution >= 4 is 38.2 Å². The summed E-state index contributed by atoms with van der Waals surface area (Å²) in [5, 5.41) is 10.8. The minimum absolute atomic E-state index is 0. The first-order valence-electron chi connectivity index (χ1n) is 14.1. The molecule has 6 atom stereocenters. The van der Waals surface area contributed by atoms with Crippen LogP contribution in [0.1, 0.15) is 95.9 Å². The summed E-state index contributed by atoms with van der Waals surface area (Å²) in [5.41, 5.74) is 2.84. The van der Waals surface area contributed by atoms with E-state index in [1.54, 1.807) is 104 Å². The fraction of sp³-hybridized carbons (Fsp3) is 0.706. The summed E-state index contributed by atoms with van der Waals surface area (Å²) in [6.07, 6.45) is 4.60. The molecule has 0 aromatic heterocycles. The van der Waals surface area contributed by atoms with Crippen LogP contribution < -0.4 is 0 Å². The second-order valence-corrected chi connectivity index (χ2v) is 20.8. The molecule has 432 valence electrons. The zero-order chi connectivity index (χ0) is 30.6. The molecule has 0 aromatic carbocycles. The average Bonchev–Trinajstić information content (AvgIpc) is 2.84. The monoisotopic (exact) mass is 7330 g/mol. The van der Waals surface area contributed by atoms with Crippen molar-refractivity contribution < 1.29 is 794 Å². The van der Waals surface area contributed by atoms with Crippen LogP contribution in [0.5, 0.6) is 0 Å². The number of aliphatic hydroxyl groups excluding tert-OH is 1. The minimum atomic E-state index is -0.154. The van der Waals surface area contributed by atoms with Crippen molar-refractivity contribution in [1.82, 2.24) is 0 Å². The molecule has 0 spiro atoms. The molecule has 4 rings (SSSR count).